The first-order chi connectivity index (χ1) is 14.6. The van der Waals surface area contributed by atoms with E-state index in [1.54, 1.807) is 12.1 Å². The quantitative estimate of drug-likeness (QED) is 0.322. The highest BCUT2D eigenvalue weighted by Gasteiger charge is 2.38. The lowest BCUT2D eigenvalue weighted by molar-refractivity contribution is 0.0600. The van der Waals surface area contributed by atoms with Crippen molar-refractivity contribution in [1.29, 1.82) is 0 Å². The molecule has 0 amide bonds. The topological polar surface area (TPSA) is 43.4 Å². The Labute approximate surface area is 185 Å². The Bertz CT molecular complexity index is 1070. The number of hydrogen-bond acceptors (Lipinski definition) is 3. The normalized spacial score (nSPS) is 20.5. The van der Waals surface area contributed by atoms with Crippen LogP contribution in [0, 0.1) is 0 Å². The SMILES string of the molecule is COC(=O)c1ccc(/C=C2\CCCc3cc4c(cc3C2=O)C(C)(C)CCC4(C)C)cc1. The van der Waals surface area contributed by atoms with E-state index >= 15 is 0 Å². The molecule has 0 fully saturated rings. The van der Waals surface area contributed by atoms with Crippen molar-refractivity contribution in [3.63, 3.8) is 0 Å². The summed E-state index contributed by atoms with van der Waals surface area (Å²) in [5.41, 5.74) is 7.34. The van der Waals surface area contributed by atoms with Gasteiger partial charge < -0.3 is 4.74 Å². The molecule has 3 heteroatoms. The molecule has 0 heterocycles. The molecule has 0 saturated carbocycles. The van der Waals surface area contributed by atoms with Gasteiger partial charge in [0.15, 0.2) is 5.78 Å². The summed E-state index contributed by atoms with van der Waals surface area (Å²) in [6.45, 7) is 9.26. The Morgan fingerprint density at radius 1 is 0.935 bits per heavy atom. The van der Waals surface area contributed by atoms with E-state index in [2.05, 4.69) is 39.8 Å². The Kier molecular flexibility index (Phi) is 5.41. The van der Waals surface area contributed by atoms with Crippen LogP contribution in [0.5, 0.6) is 0 Å². The molecular formula is C28H32O3. The number of benzene rings is 2. The number of aryl methyl sites for hydroxylation is 1. The van der Waals surface area contributed by atoms with Gasteiger partial charge in [-0.2, -0.15) is 0 Å². The molecule has 0 bridgehead atoms. The lowest BCUT2D eigenvalue weighted by Crippen LogP contribution is -2.34. The van der Waals surface area contributed by atoms with E-state index in [0.29, 0.717) is 5.56 Å². The molecule has 0 atom stereocenters. The number of carbonyl (C=O) groups is 2. The van der Waals surface area contributed by atoms with Crippen LogP contribution in [0.15, 0.2) is 42.0 Å². The van der Waals surface area contributed by atoms with Crippen molar-refractivity contribution in [3.8, 4) is 0 Å². The van der Waals surface area contributed by atoms with Gasteiger partial charge in [-0.3, -0.25) is 4.79 Å². The number of allylic oxidation sites excluding steroid dienone is 1. The van der Waals surface area contributed by atoms with Gasteiger partial charge in [-0.1, -0.05) is 45.9 Å². The molecule has 162 valence electrons. The summed E-state index contributed by atoms with van der Waals surface area (Å²) in [6.07, 6.45) is 6.95. The van der Waals surface area contributed by atoms with Gasteiger partial charge in [-0.05, 0) is 89.5 Å². The Hall–Kier alpha value is -2.68. The smallest absolute Gasteiger partial charge is 0.337 e. The van der Waals surface area contributed by atoms with Gasteiger partial charge >= 0.3 is 5.97 Å². The molecule has 0 saturated heterocycles. The van der Waals surface area contributed by atoms with Crippen LogP contribution in [-0.4, -0.2) is 18.9 Å². The monoisotopic (exact) mass is 416 g/mol. The van der Waals surface area contributed by atoms with Gasteiger partial charge in [-0.15, -0.1) is 0 Å². The van der Waals surface area contributed by atoms with Crippen molar-refractivity contribution >= 4 is 17.8 Å². The molecule has 0 spiro atoms. The summed E-state index contributed by atoms with van der Waals surface area (Å²) in [5.74, 6) is -0.208. The highest BCUT2D eigenvalue weighted by atomic mass is 16.5. The van der Waals surface area contributed by atoms with E-state index in [4.69, 9.17) is 4.74 Å². The fraction of sp³-hybridized carbons (Fsp3) is 0.429. The largest absolute Gasteiger partial charge is 0.465 e. The second-order valence-corrected chi connectivity index (χ2v) is 10.3. The lowest BCUT2D eigenvalue weighted by atomic mass is 9.62. The van der Waals surface area contributed by atoms with Crippen LogP contribution >= 0.6 is 0 Å². The fourth-order valence-electron chi connectivity index (χ4n) is 5.00. The number of hydrogen-bond donors (Lipinski definition) is 0. The molecule has 4 rings (SSSR count). The maximum absolute atomic E-state index is 13.6. The van der Waals surface area contributed by atoms with Crippen LogP contribution < -0.4 is 0 Å². The molecule has 0 N–H and O–H groups in total. The number of ketones is 1. The summed E-state index contributed by atoms with van der Waals surface area (Å²) in [6, 6.07) is 11.8. The molecule has 3 nitrogen and oxygen atoms in total. The second-order valence-electron chi connectivity index (χ2n) is 10.3. The Morgan fingerprint density at radius 3 is 2.16 bits per heavy atom. The fourth-order valence-corrected chi connectivity index (χ4v) is 5.00. The molecule has 0 unspecified atom stereocenters. The summed E-state index contributed by atoms with van der Waals surface area (Å²) >= 11 is 0. The van der Waals surface area contributed by atoms with Crippen molar-refractivity contribution in [2.24, 2.45) is 0 Å². The number of fused-ring (bicyclic) bond motifs is 2. The highest BCUT2D eigenvalue weighted by molar-refractivity contribution is 6.12. The van der Waals surface area contributed by atoms with E-state index < -0.39 is 0 Å². The molecule has 2 aromatic rings. The van der Waals surface area contributed by atoms with E-state index in [9.17, 15) is 9.59 Å². The zero-order chi connectivity index (χ0) is 22.4. The second kappa shape index (κ2) is 7.78. The number of rotatable bonds is 2. The number of ether oxygens (including phenoxy) is 1. The third kappa shape index (κ3) is 3.98. The van der Waals surface area contributed by atoms with Crippen LogP contribution in [0.2, 0.25) is 0 Å². The predicted octanol–water partition coefficient (Wildman–Crippen LogP) is 6.42. The molecule has 0 radical (unpaired) electrons. The molecular weight excluding hydrogens is 384 g/mol. The molecule has 2 aliphatic rings. The molecule has 2 aliphatic carbocycles. The van der Waals surface area contributed by atoms with Gasteiger partial charge in [0.1, 0.15) is 0 Å². The minimum atomic E-state index is -0.353. The van der Waals surface area contributed by atoms with E-state index in [1.165, 1.54) is 30.2 Å². The molecule has 31 heavy (non-hydrogen) atoms. The van der Waals surface area contributed by atoms with Gasteiger partial charge in [-0.25, -0.2) is 4.79 Å². The highest BCUT2D eigenvalue weighted by Crippen LogP contribution is 2.47. The first-order valence-electron chi connectivity index (χ1n) is 11.2. The summed E-state index contributed by atoms with van der Waals surface area (Å²) in [7, 11) is 1.38. The number of esters is 1. The van der Waals surface area contributed by atoms with Crippen LogP contribution in [0.1, 0.15) is 96.3 Å². The minimum Gasteiger partial charge on any atom is -0.465 e. The zero-order valence-electron chi connectivity index (χ0n) is 19.3. The van der Waals surface area contributed by atoms with Gasteiger partial charge in [0, 0.05) is 11.1 Å². The standard InChI is InChI=1S/C28H32O3/c1-27(2)13-14-28(3,4)24-17-22-20(16-23(24)27)7-6-8-21(25(22)29)15-18-9-11-19(12-10-18)26(30)31-5/h9-12,15-17H,6-8,13-14H2,1-5H3/b21-15+. The van der Waals surface area contributed by atoms with Crippen molar-refractivity contribution in [2.75, 3.05) is 7.11 Å². The van der Waals surface area contributed by atoms with Gasteiger partial charge in [0.05, 0.1) is 12.7 Å². The third-order valence-corrected chi connectivity index (χ3v) is 7.18. The Balaban J connectivity index is 1.74. The Morgan fingerprint density at radius 2 is 1.55 bits per heavy atom. The first kappa shape index (κ1) is 21.5. The summed E-state index contributed by atoms with van der Waals surface area (Å²) in [5, 5.41) is 0. The lowest BCUT2D eigenvalue weighted by Gasteiger charge is -2.42. The minimum absolute atomic E-state index is 0.0834. The zero-order valence-corrected chi connectivity index (χ0v) is 19.3. The molecule has 2 aromatic carbocycles. The third-order valence-electron chi connectivity index (χ3n) is 7.18. The van der Waals surface area contributed by atoms with Crippen molar-refractivity contribution in [1.82, 2.24) is 0 Å². The summed E-state index contributed by atoms with van der Waals surface area (Å²) < 4.78 is 4.77. The van der Waals surface area contributed by atoms with Crippen LogP contribution in [0.4, 0.5) is 0 Å². The number of methoxy groups -OCH3 is 1. The van der Waals surface area contributed by atoms with E-state index in [1.807, 2.05) is 18.2 Å². The van der Waals surface area contributed by atoms with E-state index in [0.717, 1.165) is 42.4 Å². The van der Waals surface area contributed by atoms with Crippen molar-refractivity contribution in [2.45, 2.75) is 70.6 Å². The van der Waals surface area contributed by atoms with Gasteiger partial charge in [0.2, 0.25) is 0 Å². The number of carbonyl (C=O) groups excluding carboxylic acids is 2. The maximum atomic E-state index is 13.6. The van der Waals surface area contributed by atoms with Crippen LogP contribution in [0.3, 0.4) is 0 Å². The first-order valence-corrected chi connectivity index (χ1v) is 11.2. The van der Waals surface area contributed by atoms with Crippen LogP contribution in [0.25, 0.3) is 6.08 Å². The van der Waals surface area contributed by atoms with E-state index in [-0.39, 0.29) is 22.6 Å². The maximum Gasteiger partial charge on any atom is 0.337 e. The molecule has 0 aromatic heterocycles. The average molecular weight is 417 g/mol. The molecule has 0 aliphatic heterocycles. The summed E-state index contributed by atoms with van der Waals surface area (Å²) in [4.78, 5) is 25.3. The number of Topliss-reactive ketones (excluding diaryl/α,β-unsaturated/α-hetero) is 1. The van der Waals surface area contributed by atoms with Crippen molar-refractivity contribution < 1.29 is 14.3 Å². The van der Waals surface area contributed by atoms with Crippen molar-refractivity contribution in [3.05, 3.63) is 75.4 Å². The predicted molar refractivity (Wildman–Crippen MR) is 125 cm³/mol. The van der Waals surface area contributed by atoms with Crippen LogP contribution in [-0.2, 0) is 22.0 Å². The van der Waals surface area contributed by atoms with Gasteiger partial charge in [0.25, 0.3) is 0 Å². The average Bonchev–Trinajstić information content (AvgIpc) is 2.89.